The van der Waals surface area contributed by atoms with E-state index in [1.807, 2.05) is 0 Å². The van der Waals surface area contributed by atoms with E-state index in [9.17, 15) is 43.2 Å². The van der Waals surface area contributed by atoms with E-state index in [2.05, 4.69) is 41.5 Å². The summed E-state index contributed by atoms with van der Waals surface area (Å²) in [6.07, 6.45) is 54.0. The molecule has 7 atom stereocenters. The van der Waals surface area contributed by atoms with Gasteiger partial charge in [-0.25, -0.2) is 9.13 Å². The standard InChI is InChI=1S/C75H146O17P2/c1-7-11-13-15-17-19-21-23-25-26-28-30-32-34-39-47-53-59-74(79)91-70(63-85-72(77)57-51-45-38-33-31-29-27-24-22-20-18-16-14-12-8-2)65-89-93(81,82)87-61-69(76)62-88-94(83,84)90-66-71(64-86-73(78)58-52-46-42-41-44-50-56-68(6)10-4)92-75(80)60-54-48-40-36-35-37-43-49-55-67(5)9-3/h67-71,76H,7-66H2,1-6H3,(H,81,82)(H,83,84)/t67?,68?,69-,70-,71-/m1/s1. The number of hydrogen-bond donors (Lipinski definition) is 3. The van der Waals surface area contributed by atoms with Crippen molar-refractivity contribution in [2.45, 2.75) is 407 Å². The molecule has 0 aromatic heterocycles. The van der Waals surface area contributed by atoms with Crippen LogP contribution in [0.4, 0.5) is 0 Å². The zero-order valence-electron chi connectivity index (χ0n) is 61.3. The molecule has 3 N–H and O–H groups in total. The molecule has 0 aromatic rings. The van der Waals surface area contributed by atoms with Crippen LogP contribution in [0.5, 0.6) is 0 Å². The third kappa shape index (κ3) is 66.0. The van der Waals surface area contributed by atoms with Gasteiger partial charge >= 0.3 is 39.5 Å². The predicted octanol–water partition coefficient (Wildman–Crippen LogP) is 21.9. The number of ether oxygens (including phenoxy) is 4. The Labute approximate surface area is 575 Å². The Morgan fingerprint density at radius 3 is 0.755 bits per heavy atom. The van der Waals surface area contributed by atoms with Gasteiger partial charge in [-0.2, -0.15) is 0 Å². The third-order valence-electron chi connectivity index (χ3n) is 18.2. The van der Waals surface area contributed by atoms with Gasteiger partial charge in [-0.15, -0.1) is 0 Å². The molecule has 0 bridgehead atoms. The number of aliphatic hydroxyl groups is 1. The average Bonchev–Trinajstić information content (AvgIpc) is 1.57. The zero-order chi connectivity index (χ0) is 69.3. The second kappa shape index (κ2) is 66.9. The van der Waals surface area contributed by atoms with Gasteiger partial charge in [-0.3, -0.25) is 37.3 Å². The quantitative estimate of drug-likeness (QED) is 0.0222. The highest BCUT2D eigenvalue weighted by atomic mass is 31.2. The number of carbonyl (C=O) groups is 4. The lowest BCUT2D eigenvalue weighted by Gasteiger charge is -2.21. The SMILES string of the molecule is CCCCCCCCCCCCCCCCCCCC(=O)O[C@H](COC(=O)CCCCCCCCCCCCCCCCC)COP(=O)(O)OC[C@@H](O)COP(=O)(O)OC[C@@H](COC(=O)CCCCCCCCC(C)CC)OC(=O)CCCCCCCCCCC(C)CC. The molecule has 0 saturated heterocycles. The molecule has 0 fully saturated rings. The van der Waals surface area contributed by atoms with E-state index in [4.69, 9.17) is 37.0 Å². The van der Waals surface area contributed by atoms with Crippen molar-refractivity contribution in [1.82, 2.24) is 0 Å². The minimum Gasteiger partial charge on any atom is -0.462 e. The van der Waals surface area contributed by atoms with Crippen LogP contribution in [0.2, 0.25) is 0 Å². The lowest BCUT2D eigenvalue weighted by molar-refractivity contribution is -0.161. The second-order valence-electron chi connectivity index (χ2n) is 27.5. The smallest absolute Gasteiger partial charge is 0.462 e. The molecule has 0 heterocycles. The third-order valence-corrected chi connectivity index (χ3v) is 20.1. The van der Waals surface area contributed by atoms with E-state index in [0.717, 1.165) is 108 Å². The van der Waals surface area contributed by atoms with Crippen molar-refractivity contribution in [3.8, 4) is 0 Å². The minimum absolute atomic E-state index is 0.104. The molecule has 0 rings (SSSR count). The molecule has 0 amide bonds. The Morgan fingerprint density at radius 2 is 0.511 bits per heavy atom. The Kier molecular flexibility index (Phi) is 65.5. The zero-order valence-corrected chi connectivity index (χ0v) is 63.1. The predicted molar refractivity (Wildman–Crippen MR) is 381 cm³/mol. The first-order valence-corrected chi connectivity index (χ1v) is 42.1. The Balaban J connectivity index is 5.25. The van der Waals surface area contributed by atoms with E-state index in [-0.39, 0.29) is 25.7 Å². The monoisotopic (exact) mass is 1380 g/mol. The summed E-state index contributed by atoms with van der Waals surface area (Å²) in [6.45, 7) is 9.55. The molecular weight excluding hydrogens is 1230 g/mol. The number of carbonyl (C=O) groups excluding carboxylic acids is 4. The van der Waals surface area contributed by atoms with Crippen LogP contribution in [-0.2, 0) is 65.4 Å². The van der Waals surface area contributed by atoms with Crippen molar-refractivity contribution in [2.24, 2.45) is 11.8 Å². The number of phosphoric ester groups is 2. The summed E-state index contributed by atoms with van der Waals surface area (Å²) in [5.41, 5.74) is 0. The molecule has 19 heteroatoms. The average molecular weight is 1380 g/mol. The van der Waals surface area contributed by atoms with Crippen LogP contribution < -0.4 is 0 Å². The maximum Gasteiger partial charge on any atom is 0.472 e. The molecule has 0 aliphatic heterocycles. The topological polar surface area (TPSA) is 237 Å². The number of esters is 4. The van der Waals surface area contributed by atoms with Gasteiger partial charge in [0, 0.05) is 25.7 Å². The van der Waals surface area contributed by atoms with Crippen molar-refractivity contribution < 1.29 is 80.2 Å². The lowest BCUT2D eigenvalue weighted by Crippen LogP contribution is -2.30. The fourth-order valence-electron chi connectivity index (χ4n) is 11.4. The van der Waals surface area contributed by atoms with Crippen molar-refractivity contribution in [3.05, 3.63) is 0 Å². The van der Waals surface area contributed by atoms with Crippen LogP contribution in [0, 0.1) is 11.8 Å². The molecule has 94 heavy (non-hydrogen) atoms. The van der Waals surface area contributed by atoms with Gasteiger partial charge in [-0.1, -0.05) is 337 Å². The molecule has 0 saturated carbocycles. The van der Waals surface area contributed by atoms with Crippen molar-refractivity contribution in [2.75, 3.05) is 39.6 Å². The molecule has 17 nitrogen and oxygen atoms in total. The fourth-order valence-corrected chi connectivity index (χ4v) is 13.0. The summed E-state index contributed by atoms with van der Waals surface area (Å²) in [4.78, 5) is 72.8. The summed E-state index contributed by atoms with van der Waals surface area (Å²) >= 11 is 0. The lowest BCUT2D eigenvalue weighted by atomic mass is 9.99. The summed E-state index contributed by atoms with van der Waals surface area (Å²) in [6, 6.07) is 0. The van der Waals surface area contributed by atoms with Crippen LogP contribution in [0.1, 0.15) is 388 Å². The molecular formula is C75H146O17P2. The van der Waals surface area contributed by atoms with E-state index in [0.29, 0.717) is 25.7 Å². The molecule has 0 spiro atoms. The maximum atomic E-state index is 13.1. The Morgan fingerprint density at radius 1 is 0.298 bits per heavy atom. The first kappa shape index (κ1) is 92.1. The van der Waals surface area contributed by atoms with E-state index < -0.39 is 97.5 Å². The Hall–Kier alpha value is -1.94. The summed E-state index contributed by atoms with van der Waals surface area (Å²) < 4.78 is 68.5. The van der Waals surface area contributed by atoms with Crippen molar-refractivity contribution >= 4 is 39.5 Å². The molecule has 0 aliphatic carbocycles. The van der Waals surface area contributed by atoms with Crippen LogP contribution in [0.15, 0.2) is 0 Å². The van der Waals surface area contributed by atoms with Gasteiger partial charge in [-0.05, 0) is 37.5 Å². The van der Waals surface area contributed by atoms with E-state index in [1.54, 1.807) is 0 Å². The first-order valence-electron chi connectivity index (χ1n) is 39.1. The summed E-state index contributed by atoms with van der Waals surface area (Å²) in [5, 5.41) is 10.6. The number of unbranched alkanes of at least 4 members (excludes halogenated alkanes) is 42. The highest BCUT2D eigenvalue weighted by Crippen LogP contribution is 2.45. The van der Waals surface area contributed by atoms with Crippen LogP contribution in [-0.4, -0.2) is 96.7 Å². The summed E-state index contributed by atoms with van der Waals surface area (Å²) in [7, 11) is -9.91. The largest absolute Gasteiger partial charge is 0.472 e. The maximum absolute atomic E-state index is 13.1. The highest BCUT2D eigenvalue weighted by Gasteiger charge is 2.30. The second-order valence-corrected chi connectivity index (χ2v) is 30.4. The normalized spacial score (nSPS) is 14.6. The van der Waals surface area contributed by atoms with Gasteiger partial charge in [0.15, 0.2) is 12.2 Å². The molecule has 0 aliphatic rings. The van der Waals surface area contributed by atoms with Gasteiger partial charge in [0.2, 0.25) is 0 Å². The first-order chi connectivity index (χ1) is 45.4. The van der Waals surface area contributed by atoms with Gasteiger partial charge in [0.1, 0.15) is 19.3 Å². The molecule has 558 valence electrons. The molecule has 0 radical (unpaired) electrons. The number of phosphoric acid groups is 2. The van der Waals surface area contributed by atoms with E-state index >= 15 is 0 Å². The van der Waals surface area contributed by atoms with Gasteiger partial charge in [0.25, 0.3) is 0 Å². The molecule has 0 aromatic carbocycles. The fraction of sp³-hybridized carbons (Fsp3) is 0.947. The van der Waals surface area contributed by atoms with Crippen LogP contribution in [0.25, 0.3) is 0 Å². The number of rotatable bonds is 74. The van der Waals surface area contributed by atoms with Crippen molar-refractivity contribution in [1.29, 1.82) is 0 Å². The number of hydrogen-bond acceptors (Lipinski definition) is 15. The van der Waals surface area contributed by atoms with Gasteiger partial charge in [0.05, 0.1) is 26.4 Å². The number of aliphatic hydroxyl groups excluding tert-OH is 1. The molecule has 4 unspecified atom stereocenters. The Bertz CT molecular complexity index is 1820. The van der Waals surface area contributed by atoms with Crippen LogP contribution in [0.3, 0.4) is 0 Å². The summed E-state index contributed by atoms with van der Waals surface area (Å²) in [5.74, 6) is -0.618. The van der Waals surface area contributed by atoms with Crippen LogP contribution >= 0.6 is 15.6 Å². The van der Waals surface area contributed by atoms with Crippen molar-refractivity contribution in [3.63, 3.8) is 0 Å². The van der Waals surface area contributed by atoms with Gasteiger partial charge < -0.3 is 33.8 Å². The highest BCUT2D eigenvalue weighted by molar-refractivity contribution is 7.47. The minimum atomic E-state index is -4.96. The van der Waals surface area contributed by atoms with E-state index in [1.165, 1.54) is 199 Å².